The molecule has 0 radical (unpaired) electrons. The van der Waals surface area contributed by atoms with Gasteiger partial charge in [-0.2, -0.15) is 0 Å². The number of ketones is 1. The van der Waals surface area contributed by atoms with Crippen LogP contribution in [0.4, 0.5) is 11.4 Å². The van der Waals surface area contributed by atoms with E-state index in [1.807, 2.05) is 18.2 Å². The van der Waals surface area contributed by atoms with Crippen molar-refractivity contribution in [3.63, 3.8) is 0 Å². The minimum atomic E-state index is -0.841. The lowest BCUT2D eigenvalue weighted by Gasteiger charge is -2.25. The van der Waals surface area contributed by atoms with Crippen molar-refractivity contribution < 1.29 is 19.6 Å². The van der Waals surface area contributed by atoms with E-state index in [1.54, 1.807) is 36.4 Å². The van der Waals surface area contributed by atoms with E-state index in [4.69, 9.17) is 0 Å². The number of non-ortho nitro benzene ring substituents is 1. The smallest absolute Gasteiger partial charge is 0.300 e. The number of carbonyl (C=O) groups is 2. The summed E-state index contributed by atoms with van der Waals surface area (Å²) in [6, 6.07) is 20.8. The molecule has 7 nitrogen and oxygen atoms in total. The van der Waals surface area contributed by atoms with Crippen molar-refractivity contribution in [3.8, 4) is 0 Å². The van der Waals surface area contributed by atoms with Gasteiger partial charge in [-0.25, -0.2) is 0 Å². The molecule has 1 amide bonds. The van der Waals surface area contributed by atoms with Crippen LogP contribution in [0, 0.1) is 10.1 Å². The lowest BCUT2D eigenvalue weighted by molar-refractivity contribution is -0.384. The van der Waals surface area contributed by atoms with Crippen molar-refractivity contribution in [1.29, 1.82) is 0 Å². The molecule has 33 heavy (non-hydrogen) atoms. The lowest BCUT2D eigenvalue weighted by atomic mass is 9.95. The SMILES string of the molecule is CC(C)c1ccc(N2C(=O)C(=O)/C(=C(\O)c3ccc([N+](=O)[O-])cc3)C2c2ccccc2)cc1. The molecule has 1 unspecified atom stereocenters. The fraction of sp³-hybridized carbons (Fsp3) is 0.154. The molecule has 0 aromatic heterocycles. The van der Waals surface area contributed by atoms with E-state index in [9.17, 15) is 24.8 Å². The summed E-state index contributed by atoms with van der Waals surface area (Å²) < 4.78 is 0. The maximum absolute atomic E-state index is 13.1. The number of amides is 1. The van der Waals surface area contributed by atoms with Gasteiger partial charge in [-0.3, -0.25) is 24.6 Å². The minimum Gasteiger partial charge on any atom is -0.507 e. The van der Waals surface area contributed by atoms with E-state index in [0.29, 0.717) is 17.2 Å². The van der Waals surface area contributed by atoms with Gasteiger partial charge in [-0.1, -0.05) is 56.3 Å². The van der Waals surface area contributed by atoms with Gasteiger partial charge in [0.05, 0.1) is 16.5 Å². The molecule has 1 heterocycles. The molecule has 4 rings (SSSR count). The van der Waals surface area contributed by atoms with Crippen LogP contribution in [-0.4, -0.2) is 21.7 Å². The molecule has 0 bridgehead atoms. The third kappa shape index (κ3) is 4.01. The van der Waals surface area contributed by atoms with Gasteiger partial charge < -0.3 is 5.11 Å². The number of anilines is 1. The molecular weight excluding hydrogens is 420 g/mol. The van der Waals surface area contributed by atoms with Gasteiger partial charge in [0.1, 0.15) is 5.76 Å². The fourth-order valence-electron chi connectivity index (χ4n) is 3.97. The Morgan fingerprint density at radius 3 is 2.09 bits per heavy atom. The monoisotopic (exact) mass is 442 g/mol. The van der Waals surface area contributed by atoms with E-state index < -0.39 is 22.7 Å². The molecule has 7 heteroatoms. The number of carbonyl (C=O) groups excluding carboxylic acids is 2. The Morgan fingerprint density at radius 2 is 1.55 bits per heavy atom. The van der Waals surface area contributed by atoms with Crippen molar-refractivity contribution in [2.24, 2.45) is 0 Å². The van der Waals surface area contributed by atoms with Gasteiger partial charge in [0, 0.05) is 23.4 Å². The molecule has 1 saturated heterocycles. The lowest BCUT2D eigenvalue weighted by Crippen LogP contribution is -2.29. The number of aliphatic hydroxyl groups excluding tert-OH is 1. The van der Waals surface area contributed by atoms with E-state index in [2.05, 4.69) is 13.8 Å². The van der Waals surface area contributed by atoms with Crippen LogP contribution in [0.15, 0.2) is 84.4 Å². The number of benzene rings is 3. The summed E-state index contributed by atoms with van der Waals surface area (Å²) in [4.78, 5) is 38.1. The number of aliphatic hydroxyl groups is 1. The van der Waals surface area contributed by atoms with Gasteiger partial charge in [-0.15, -0.1) is 0 Å². The zero-order chi connectivity index (χ0) is 23.7. The average Bonchev–Trinajstić information content (AvgIpc) is 3.09. The summed E-state index contributed by atoms with van der Waals surface area (Å²) in [6.45, 7) is 4.13. The Bertz CT molecular complexity index is 1250. The van der Waals surface area contributed by atoms with Gasteiger partial charge in [0.2, 0.25) is 0 Å². The number of Topliss-reactive ketones (excluding diaryl/α,β-unsaturated/α-hetero) is 1. The number of nitro benzene ring substituents is 1. The van der Waals surface area contributed by atoms with E-state index >= 15 is 0 Å². The summed E-state index contributed by atoms with van der Waals surface area (Å²) in [5, 5.41) is 22.0. The molecule has 1 atom stereocenters. The molecule has 0 aliphatic carbocycles. The number of hydrogen-bond acceptors (Lipinski definition) is 5. The average molecular weight is 442 g/mol. The topological polar surface area (TPSA) is 101 Å². The molecule has 3 aromatic rings. The summed E-state index contributed by atoms with van der Waals surface area (Å²) in [5.41, 5.74) is 2.31. The predicted octanol–water partition coefficient (Wildman–Crippen LogP) is 5.34. The second-order valence-electron chi connectivity index (χ2n) is 8.13. The standard InChI is InChI=1S/C26H22N2O5/c1-16(2)17-8-12-20(13-9-17)27-23(18-6-4-3-5-7-18)22(25(30)26(27)31)24(29)19-10-14-21(15-11-19)28(32)33/h3-16,23,29H,1-2H3/b24-22-. The highest BCUT2D eigenvalue weighted by Crippen LogP contribution is 2.42. The van der Waals surface area contributed by atoms with E-state index in [0.717, 1.165) is 5.56 Å². The van der Waals surface area contributed by atoms with Crippen molar-refractivity contribution in [2.45, 2.75) is 25.8 Å². The first kappa shape index (κ1) is 22.0. The van der Waals surface area contributed by atoms with Gasteiger partial charge in [-0.05, 0) is 41.3 Å². The first-order chi connectivity index (χ1) is 15.8. The minimum absolute atomic E-state index is 0.0620. The van der Waals surface area contributed by atoms with Crippen molar-refractivity contribution >= 4 is 28.8 Å². The normalized spacial score (nSPS) is 17.5. The number of nitrogens with zero attached hydrogens (tertiary/aromatic N) is 2. The van der Waals surface area contributed by atoms with Crippen LogP contribution in [0.1, 0.15) is 42.5 Å². The number of rotatable bonds is 5. The van der Waals surface area contributed by atoms with Gasteiger partial charge >= 0.3 is 0 Å². The fourth-order valence-corrected chi connectivity index (χ4v) is 3.97. The molecular formula is C26H22N2O5. The quantitative estimate of drug-likeness (QED) is 0.189. The maximum Gasteiger partial charge on any atom is 0.300 e. The molecule has 3 aromatic carbocycles. The summed E-state index contributed by atoms with van der Waals surface area (Å²) in [5.74, 6) is -1.63. The summed E-state index contributed by atoms with van der Waals surface area (Å²) in [7, 11) is 0. The second kappa shape index (κ2) is 8.70. The molecule has 0 spiro atoms. The molecule has 1 aliphatic rings. The van der Waals surface area contributed by atoms with Crippen LogP contribution in [0.5, 0.6) is 0 Å². The second-order valence-corrected chi connectivity index (χ2v) is 8.13. The highest BCUT2D eigenvalue weighted by atomic mass is 16.6. The van der Waals surface area contributed by atoms with E-state index in [-0.39, 0.29) is 22.6 Å². The number of nitro groups is 1. The van der Waals surface area contributed by atoms with Crippen molar-refractivity contribution in [1.82, 2.24) is 0 Å². The largest absolute Gasteiger partial charge is 0.507 e. The van der Waals surface area contributed by atoms with Crippen LogP contribution in [-0.2, 0) is 9.59 Å². The van der Waals surface area contributed by atoms with Crippen LogP contribution < -0.4 is 4.90 Å². The predicted molar refractivity (Wildman–Crippen MR) is 125 cm³/mol. The van der Waals surface area contributed by atoms with Crippen LogP contribution >= 0.6 is 0 Å². The zero-order valence-corrected chi connectivity index (χ0v) is 18.1. The highest BCUT2D eigenvalue weighted by Gasteiger charge is 2.46. The summed E-state index contributed by atoms with van der Waals surface area (Å²) in [6.07, 6.45) is 0. The Morgan fingerprint density at radius 1 is 0.939 bits per heavy atom. The maximum atomic E-state index is 13.1. The third-order valence-corrected chi connectivity index (χ3v) is 5.75. The highest BCUT2D eigenvalue weighted by molar-refractivity contribution is 6.51. The van der Waals surface area contributed by atoms with Crippen LogP contribution in [0.3, 0.4) is 0 Å². The molecule has 1 fully saturated rings. The molecule has 0 saturated carbocycles. The van der Waals surface area contributed by atoms with Crippen molar-refractivity contribution in [2.75, 3.05) is 4.90 Å². The van der Waals surface area contributed by atoms with Gasteiger partial charge in [0.15, 0.2) is 0 Å². The molecule has 1 aliphatic heterocycles. The first-order valence-electron chi connectivity index (χ1n) is 10.5. The Kier molecular flexibility index (Phi) is 5.79. The Labute approximate surface area is 190 Å². The Balaban J connectivity index is 1.87. The van der Waals surface area contributed by atoms with Crippen molar-refractivity contribution in [3.05, 3.63) is 111 Å². The van der Waals surface area contributed by atoms with Gasteiger partial charge in [0.25, 0.3) is 17.4 Å². The zero-order valence-electron chi connectivity index (χ0n) is 18.1. The molecule has 166 valence electrons. The summed E-state index contributed by atoms with van der Waals surface area (Å²) >= 11 is 0. The number of hydrogen-bond donors (Lipinski definition) is 1. The first-order valence-corrected chi connectivity index (χ1v) is 10.5. The van der Waals surface area contributed by atoms with Crippen LogP contribution in [0.2, 0.25) is 0 Å². The Hall–Kier alpha value is -4.26. The molecule has 1 N–H and O–H groups in total. The van der Waals surface area contributed by atoms with E-state index in [1.165, 1.54) is 29.2 Å². The van der Waals surface area contributed by atoms with Crippen LogP contribution in [0.25, 0.3) is 5.76 Å². The third-order valence-electron chi connectivity index (χ3n) is 5.75.